The van der Waals surface area contributed by atoms with Crippen molar-refractivity contribution in [2.24, 2.45) is 0 Å². The molecular weight excluding hydrogens is 269 g/mol. The van der Waals surface area contributed by atoms with E-state index in [9.17, 15) is 9.18 Å². The largest absolute Gasteiger partial charge is 0.374 e. The summed E-state index contributed by atoms with van der Waals surface area (Å²) in [5.74, 6) is -0.976. The van der Waals surface area contributed by atoms with Crippen molar-refractivity contribution in [1.82, 2.24) is 4.90 Å². The second kappa shape index (κ2) is 5.10. The second-order valence-electron chi connectivity index (χ2n) is 5.45. The van der Waals surface area contributed by atoms with Crippen LogP contribution in [0.4, 0.5) is 4.39 Å². The average molecular weight is 286 g/mol. The molecule has 5 heteroatoms. The van der Waals surface area contributed by atoms with E-state index in [0.717, 1.165) is 0 Å². The number of rotatable bonds is 1. The summed E-state index contributed by atoms with van der Waals surface area (Å²) in [5.41, 5.74) is -0.541. The van der Waals surface area contributed by atoms with E-state index in [4.69, 9.17) is 16.3 Å². The van der Waals surface area contributed by atoms with Crippen molar-refractivity contribution in [3.63, 3.8) is 0 Å². The van der Waals surface area contributed by atoms with E-state index in [-0.39, 0.29) is 22.6 Å². The third-order valence-corrected chi connectivity index (χ3v) is 3.63. The number of hydrogen-bond donors (Lipinski definition) is 0. The van der Waals surface area contributed by atoms with Crippen molar-refractivity contribution in [2.75, 3.05) is 13.2 Å². The highest BCUT2D eigenvalue weighted by Gasteiger charge is 2.38. The SMILES string of the molecule is CC1CN(C(=O)c2c(F)cccc2Cl)C(C)(C)CO1. The van der Waals surface area contributed by atoms with Gasteiger partial charge in [-0.2, -0.15) is 0 Å². The van der Waals surface area contributed by atoms with Gasteiger partial charge in [-0.3, -0.25) is 4.79 Å². The molecular formula is C14H17ClFNO2. The topological polar surface area (TPSA) is 29.5 Å². The molecule has 0 aliphatic carbocycles. The van der Waals surface area contributed by atoms with E-state index in [1.807, 2.05) is 20.8 Å². The van der Waals surface area contributed by atoms with Gasteiger partial charge >= 0.3 is 0 Å². The summed E-state index contributed by atoms with van der Waals surface area (Å²) >= 11 is 5.95. The molecule has 0 bridgehead atoms. The molecule has 104 valence electrons. The molecule has 1 aromatic carbocycles. The molecule has 1 unspecified atom stereocenters. The zero-order chi connectivity index (χ0) is 14.2. The minimum absolute atomic E-state index is 0.0636. The highest BCUT2D eigenvalue weighted by molar-refractivity contribution is 6.33. The molecule has 0 spiro atoms. The van der Waals surface area contributed by atoms with Crippen molar-refractivity contribution in [3.05, 3.63) is 34.6 Å². The lowest BCUT2D eigenvalue weighted by molar-refractivity contribution is -0.0757. The highest BCUT2D eigenvalue weighted by Crippen LogP contribution is 2.28. The predicted molar refractivity (Wildman–Crippen MR) is 71.9 cm³/mol. The first-order chi connectivity index (χ1) is 8.83. The molecule has 1 aliphatic rings. The van der Waals surface area contributed by atoms with Crippen molar-refractivity contribution in [3.8, 4) is 0 Å². The van der Waals surface area contributed by atoms with Crippen molar-refractivity contribution in [2.45, 2.75) is 32.4 Å². The maximum atomic E-state index is 13.8. The Morgan fingerprint density at radius 2 is 2.21 bits per heavy atom. The van der Waals surface area contributed by atoms with Gasteiger partial charge in [-0.25, -0.2) is 4.39 Å². The van der Waals surface area contributed by atoms with E-state index >= 15 is 0 Å². The van der Waals surface area contributed by atoms with Gasteiger partial charge in [0.05, 0.1) is 28.8 Å². The van der Waals surface area contributed by atoms with Gasteiger partial charge in [0, 0.05) is 6.54 Å². The first-order valence-corrected chi connectivity index (χ1v) is 6.58. The summed E-state index contributed by atoms with van der Waals surface area (Å²) in [6.07, 6.45) is -0.0671. The number of hydrogen-bond acceptors (Lipinski definition) is 2. The molecule has 3 nitrogen and oxygen atoms in total. The fraction of sp³-hybridized carbons (Fsp3) is 0.500. The Bertz CT molecular complexity index is 484. The number of amides is 1. The van der Waals surface area contributed by atoms with Crippen LogP contribution in [0.25, 0.3) is 0 Å². The monoisotopic (exact) mass is 285 g/mol. The smallest absolute Gasteiger partial charge is 0.258 e. The van der Waals surface area contributed by atoms with Crippen LogP contribution >= 0.6 is 11.6 Å². The number of halogens is 2. The van der Waals surface area contributed by atoms with Crippen LogP contribution in [0.5, 0.6) is 0 Å². The van der Waals surface area contributed by atoms with E-state index in [1.54, 1.807) is 4.90 Å². The zero-order valence-electron chi connectivity index (χ0n) is 11.2. The Hall–Kier alpha value is -1.13. The molecule has 1 saturated heterocycles. The van der Waals surface area contributed by atoms with Crippen LogP contribution in [0, 0.1) is 5.82 Å². The van der Waals surface area contributed by atoms with Gasteiger partial charge in [0.15, 0.2) is 0 Å². The predicted octanol–water partition coefficient (Wildman–Crippen LogP) is 3.12. The second-order valence-corrected chi connectivity index (χ2v) is 5.85. The number of carbonyl (C=O) groups is 1. The molecule has 1 aliphatic heterocycles. The Morgan fingerprint density at radius 1 is 1.53 bits per heavy atom. The number of ether oxygens (including phenoxy) is 1. The fourth-order valence-corrected chi connectivity index (χ4v) is 2.42. The van der Waals surface area contributed by atoms with Crippen molar-refractivity contribution >= 4 is 17.5 Å². The van der Waals surface area contributed by atoms with Crippen LogP contribution in [0.1, 0.15) is 31.1 Å². The molecule has 2 rings (SSSR count). The summed E-state index contributed by atoms with van der Waals surface area (Å²) in [5, 5.41) is 0.139. The van der Waals surface area contributed by atoms with E-state index in [0.29, 0.717) is 13.2 Å². The maximum Gasteiger partial charge on any atom is 0.258 e. The molecule has 1 atom stereocenters. The van der Waals surface area contributed by atoms with Crippen LogP contribution in [-0.4, -0.2) is 35.6 Å². The third kappa shape index (κ3) is 2.74. The number of benzene rings is 1. The van der Waals surface area contributed by atoms with Crippen LogP contribution in [-0.2, 0) is 4.74 Å². The van der Waals surface area contributed by atoms with Gasteiger partial charge in [0.25, 0.3) is 5.91 Å². The zero-order valence-corrected chi connectivity index (χ0v) is 12.0. The van der Waals surface area contributed by atoms with E-state index in [2.05, 4.69) is 0 Å². The van der Waals surface area contributed by atoms with Gasteiger partial charge in [0.2, 0.25) is 0 Å². The lowest BCUT2D eigenvalue weighted by Gasteiger charge is -2.44. The summed E-state index contributed by atoms with van der Waals surface area (Å²) in [7, 11) is 0. The minimum atomic E-state index is -0.590. The number of carbonyl (C=O) groups excluding carboxylic acids is 1. The van der Waals surface area contributed by atoms with Crippen molar-refractivity contribution < 1.29 is 13.9 Å². The standard InChI is InChI=1S/C14H17ClFNO2/c1-9-7-17(14(2,3)8-19-9)13(18)12-10(15)5-4-6-11(12)16/h4-6,9H,7-8H2,1-3H3. The van der Waals surface area contributed by atoms with Crippen molar-refractivity contribution in [1.29, 1.82) is 0 Å². The molecule has 0 saturated carbocycles. The van der Waals surface area contributed by atoms with Crippen LogP contribution in [0.15, 0.2) is 18.2 Å². The molecule has 1 amide bonds. The van der Waals surface area contributed by atoms with Gasteiger partial charge < -0.3 is 9.64 Å². The van der Waals surface area contributed by atoms with Gasteiger partial charge in [0.1, 0.15) is 5.82 Å². The average Bonchev–Trinajstić information content (AvgIpc) is 2.32. The highest BCUT2D eigenvalue weighted by atomic mass is 35.5. The number of nitrogens with zero attached hydrogens (tertiary/aromatic N) is 1. The quantitative estimate of drug-likeness (QED) is 0.793. The maximum absolute atomic E-state index is 13.8. The summed E-state index contributed by atoms with van der Waals surface area (Å²) in [4.78, 5) is 14.2. The van der Waals surface area contributed by atoms with Gasteiger partial charge in [-0.15, -0.1) is 0 Å². The molecule has 0 radical (unpaired) electrons. The Morgan fingerprint density at radius 3 is 2.84 bits per heavy atom. The first-order valence-electron chi connectivity index (χ1n) is 6.20. The third-order valence-electron chi connectivity index (χ3n) is 3.31. The van der Waals surface area contributed by atoms with E-state index < -0.39 is 11.4 Å². The van der Waals surface area contributed by atoms with Crippen LogP contribution in [0.3, 0.4) is 0 Å². The molecule has 0 aromatic heterocycles. The minimum Gasteiger partial charge on any atom is -0.374 e. The lowest BCUT2D eigenvalue weighted by atomic mass is 9.99. The fourth-order valence-electron chi connectivity index (χ4n) is 2.18. The van der Waals surface area contributed by atoms with Gasteiger partial charge in [-0.05, 0) is 32.9 Å². The van der Waals surface area contributed by atoms with Gasteiger partial charge in [-0.1, -0.05) is 17.7 Å². The Kier molecular flexibility index (Phi) is 3.83. The lowest BCUT2D eigenvalue weighted by Crippen LogP contribution is -2.58. The molecule has 0 N–H and O–H groups in total. The molecule has 1 aromatic rings. The number of morpholine rings is 1. The molecule has 19 heavy (non-hydrogen) atoms. The Labute approximate surface area is 117 Å². The summed E-state index contributed by atoms with van der Waals surface area (Å²) in [6, 6.07) is 4.26. The van der Waals surface area contributed by atoms with Crippen LogP contribution in [0.2, 0.25) is 5.02 Å². The first kappa shape index (κ1) is 14.3. The normalized spacial score (nSPS) is 22.4. The van der Waals surface area contributed by atoms with Crippen LogP contribution < -0.4 is 0 Å². The molecule has 1 fully saturated rings. The Balaban J connectivity index is 2.37. The van der Waals surface area contributed by atoms with E-state index in [1.165, 1.54) is 18.2 Å². The molecule has 1 heterocycles. The summed E-state index contributed by atoms with van der Waals surface area (Å²) in [6.45, 7) is 6.53. The summed E-state index contributed by atoms with van der Waals surface area (Å²) < 4.78 is 19.4.